The minimum atomic E-state index is -0.631. The number of hydrogen-bond donors (Lipinski definition) is 1. The van der Waals surface area contributed by atoms with Gasteiger partial charge in [-0.1, -0.05) is 6.92 Å². The molecule has 0 fully saturated rings. The number of rotatable bonds is 8. The molecule has 2 aromatic rings. The van der Waals surface area contributed by atoms with E-state index in [4.69, 9.17) is 14.2 Å². The predicted octanol–water partition coefficient (Wildman–Crippen LogP) is 3.07. The van der Waals surface area contributed by atoms with Crippen molar-refractivity contribution < 1.29 is 52.0 Å². The quantitative estimate of drug-likeness (QED) is 0.688. The molecular weight excluding hydrogens is 381 g/mol. The van der Waals surface area contributed by atoms with Crippen molar-refractivity contribution in [1.29, 1.82) is 0 Å². The first-order valence-electron chi connectivity index (χ1n) is 7.59. The Kier molecular flexibility index (Phi) is 9.53. The molecule has 2 aromatic carbocycles. The standard InChI is InChI=1S/C19H23O4.Y/c1-14-4-6-16(7-5-14)11-22-18-8-9-19(15(2)10-18)23-13-17(20)12-21-3;/h4,6-10,17,20H,11-13H2,1-3H3;/q-1;. The minimum Gasteiger partial charge on any atom is -0.501 e. The van der Waals surface area contributed by atoms with Crippen LogP contribution in [0.1, 0.15) is 16.7 Å². The summed E-state index contributed by atoms with van der Waals surface area (Å²) in [6.07, 6.45) is -0.631. The Morgan fingerprint density at radius 3 is 2.50 bits per heavy atom. The molecule has 0 aliphatic rings. The van der Waals surface area contributed by atoms with Gasteiger partial charge >= 0.3 is 0 Å². The molecule has 0 spiro atoms. The van der Waals surface area contributed by atoms with Crippen LogP contribution < -0.4 is 9.47 Å². The maximum atomic E-state index is 9.61. The van der Waals surface area contributed by atoms with Gasteiger partial charge in [0.15, 0.2) is 0 Å². The van der Waals surface area contributed by atoms with Crippen molar-refractivity contribution in [1.82, 2.24) is 0 Å². The van der Waals surface area contributed by atoms with Crippen molar-refractivity contribution in [2.75, 3.05) is 20.3 Å². The second kappa shape index (κ2) is 10.8. The van der Waals surface area contributed by atoms with E-state index in [1.54, 1.807) is 7.11 Å². The van der Waals surface area contributed by atoms with Crippen LogP contribution in [0.15, 0.2) is 36.4 Å². The first kappa shape index (κ1) is 21.1. The third-order valence-electron chi connectivity index (χ3n) is 3.37. The van der Waals surface area contributed by atoms with E-state index in [-0.39, 0.29) is 45.9 Å². The van der Waals surface area contributed by atoms with E-state index in [1.807, 2.05) is 50.2 Å². The number of ether oxygens (including phenoxy) is 3. The van der Waals surface area contributed by atoms with Crippen LogP contribution in [-0.2, 0) is 44.1 Å². The van der Waals surface area contributed by atoms with Crippen LogP contribution in [0.5, 0.6) is 11.5 Å². The number of benzene rings is 2. The van der Waals surface area contributed by atoms with Gasteiger partial charge in [-0.05, 0) is 30.7 Å². The van der Waals surface area contributed by atoms with Gasteiger partial charge in [-0.2, -0.15) is 29.8 Å². The molecule has 0 heterocycles. The van der Waals surface area contributed by atoms with E-state index < -0.39 is 6.10 Å². The van der Waals surface area contributed by atoms with Gasteiger partial charge in [-0.25, -0.2) is 0 Å². The monoisotopic (exact) mass is 404 g/mol. The van der Waals surface area contributed by atoms with Crippen molar-refractivity contribution in [2.45, 2.75) is 26.6 Å². The van der Waals surface area contributed by atoms with E-state index in [0.29, 0.717) is 6.61 Å². The maximum Gasteiger partial charge on any atom is 0.122 e. The smallest absolute Gasteiger partial charge is 0.122 e. The van der Waals surface area contributed by atoms with Gasteiger partial charge in [-0.3, -0.25) is 0 Å². The molecule has 1 N–H and O–H groups in total. The molecule has 0 saturated heterocycles. The van der Waals surface area contributed by atoms with Gasteiger partial charge in [0, 0.05) is 39.8 Å². The molecule has 1 unspecified atom stereocenters. The zero-order valence-electron chi connectivity index (χ0n) is 14.4. The Hall–Kier alpha value is -0.936. The molecule has 127 valence electrons. The fourth-order valence-electron chi connectivity index (χ4n) is 2.09. The molecule has 1 atom stereocenters. The summed E-state index contributed by atoms with van der Waals surface area (Å²) in [6, 6.07) is 14.8. The average Bonchev–Trinajstić information content (AvgIpc) is 2.54. The Morgan fingerprint density at radius 2 is 1.88 bits per heavy atom. The summed E-state index contributed by atoms with van der Waals surface area (Å²) in [5.41, 5.74) is 3.15. The summed E-state index contributed by atoms with van der Waals surface area (Å²) >= 11 is 0. The van der Waals surface area contributed by atoms with Gasteiger partial charge < -0.3 is 19.3 Å². The van der Waals surface area contributed by atoms with Gasteiger partial charge in [0.1, 0.15) is 24.2 Å². The van der Waals surface area contributed by atoms with Crippen molar-refractivity contribution >= 4 is 0 Å². The molecule has 4 nitrogen and oxygen atoms in total. The van der Waals surface area contributed by atoms with Crippen LogP contribution in [0.25, 0.3) is 0 Å². The Labute approximate surface area is 169 Å². The summed E-state index contributed by atoms with van der Waals surface area (Å²) in [5, 5.41) is 9.61. The minimum absolute atomic E-state index is 0. The molecule has 0 aliphatic carbocycles. The normalized spacial score (nSPS) is 11.5. The van der Waals surface area contributed by atoms with Crippen molar-refractivity contribution in [3.63, 3.8) is 0 Å². The second-order valence-electron chi connectivity index (χ2n) is 5.52. The van der Waals surface area contributed by atoms with Crippen LogP contribution in [0.2, 0.25) is 0 Å². The summed E-state index contributed by atoms with van der Waals surface area (Å²) in [6.45, 7) is 4.92. The Bertz CT molecular complexity index is 613. The summed E-state index contributed by atoms with van der Waals surface area (Å²) < 4.78 is 16.2. The van der Waals surface area contributed by atoms with Crippen molar-refractivity contribution in [3.05, 3.63) is 59.2 Å². The van der Waals surface area contributed by atoms with E-state index in [9.17, 15) is 5.11 Å². The van der Waals surface area contributed by atoms with Crippen LogP contribution >= 0.6 is 0 Å². The van der Waals surface area contributed by atoms with Crippen molar-refractivity contribution in [2.24, 2.45) is 0 Å². The van der Waals surface area contributed by atoms with E-state index in [0.717, 1.165) is 28.2 Å². The molecular formula is C19H23O4Y-. The Morgan fingerprint density at radius 1 is 1.08 bits per heavy atom. The summed E-state index contributed by atoms with van der Waals surface area (Å²) in [5.74, 6) is 1.52. The molecule has 0 amide bonds. The number of aryl methyl sites for hydroxylation is 2. The number of aliphatic hydroxyl groups excluding tert-OH is 1. The molecule has 0 aromatic heterocycles. The first-order chi connectivity index (χ1) is 11.1. The second-order valence-corrected chi connectivity index (χ2v) is 5.52. The molecule has 1 radical (unpaired) electrons. The number of methoxy groups -OCH3 is 1. The maximum absolute atomic E-state index is 9.61. The average molecular weight is 404 g/mol. The third kappa shape index (κ3) is 6.90. The predicted molar refractivity (Wildman–Crippen MR) is 88.9 cm³/mol. The number of hydrogen-bond acceptors (Lipinski definition) is 4. The fraction of sp³-hybridized carbons (Fsp3) is 0.368. The van der Waals surface area contributed by atoms with E-state index >= 15 is 0 Å². The molecule has 0 aliphatic heterocycles. The molecule has 2 rings (SSSR count). The SMILES string of the molecule is COCC(O)COc1ccc(OCc2c[c-]c(C)cc2)cc1C.[Y]. The van der Waals surface area contributed by atoms with E-state index in [1.165, 1.54) is 0 Å². The zero-order valence-corrected chi connectivity index (χ0v) is 17.3. The molecule has 0 saturated carbocycles. The number of aliphatic hydroxyl groups is 1. The van der Waals surface area contributed by atoms with Gasteiger partial charge in [-0.15, -0.1) is 5.56 Å². The summed E-state index contributed by atoms with van der Waals surface area (Å²) in [4.78, 5) is 0. The van der Waals surface area contributed by atoms with Gasteiger partial charge in [0.05, 0.1) is 13.2 Å². The van der Waals surface area contributed by atoms with Crippen molar-refractivity contribution in [3.8, 4) is 11.5 Å². The van der Waals surface area contributed by atoms with Crippen LogP contribution in [-0.4, -0.2) is 31.5 Å². The topological polar surface area (TPSA) is 47.9 Å². The molecule has 0 bridgehead atoms. The third-order valence-corrected chi connectivity index (χ3v) is 3.37. The fourth-order valence-corrected chi connectivity index (χ4v) is 2.09. The Balaban J connectivity index is 0.00000288. The van der Waals surface area contributed by atoms with Crippen LogP contribution in [0.3, 0.4) is 0 Å². The first-order valence-corrected chi connectivity index (χ1v) is 7.59. The molecule has 5 heteroatoms. The van der Waals surface area contributed by atoms with Crippen LogP contribution in [0, 0.1) is 19.9 Å². The zero-order chi connectivity index (χ0) is 16.7. The largest absolute Gasteiger partial charge is 0.501 e. The van der Waals surface area contributed by atoms with Gasteiger partial charge in [0.2, 0.25) is 0 Å². The van der Waals surface area contributed by atoms with Gasteiger partial charge in [0.25, 0.3) is 0 Å². The summed E-state index contributed by atoms with van der Waals surface area (Å²) in [7, 11) is 1.55. The van der Waals surface area contributed by atoms with Crippen LogP contribution in [0.4, 0.5) is 0 Å². The molecule has 24 heavy (non-hydrogen) atoms. The van der Waals surface area contributed by atoms with E-state index in [2.05, 4.69) is 6.07 Å².